The van der Waals surface area contributed by atoms with E-state index in [9.17, 15) is 9.59 Å². The number of urea groups is 1. The molecule has 1 aromatic heterocycles. The van der Waals surface area contributed by atoms with Crippen LogP contribution in [0, 0.1) is 0 Å². The topological polar surface area (TPSA) is 125 Å². The summed E-state index contributed by atoms with van der Waals surface area (Å²) in [5.41, 5.74) is 8.14. The lowest BCUT2D eigenvalue weighted by Gasteiger charge is -2.18. The first-order valence-electron chi connectivity index (χ1n) is 10.9. The van der Waals surface area contributed by atoms with E-state index < -0.39 is 5.91 Å². The summed E-state index contributed by atoms with van der Waals surface area (Å²) < 4.78 is 0. The molecule has 33 heavy (non-hydrogen) atoms. The van der Waals surface area contributed by atoms with Gasteiger partial charge in [-0.25, -0.2) is 9.78 Å². The highest BCUT2D eigenvalue weighted by atomic mass is 16.2. The van der Waals surface area contributed by atoms with Crippen LogP contribution in [-0.2, 0) is 0 Å². The monoisotopic (exact) mass is 445 g/mol. The van der Waals surface area contributed by atoms with Gasteiger partial charge in [-0.05, 0) is 43.5 Å². The van der Waals surface area contributed by atoms with Crippen molar-refractivity contribution >= 4 is 35.1 Å². The van der Waals surface area contributed by atoms with Gasteiger partial charge in [0.1, 0.15) is 5.82 Å². The third-order valence-corrected chi connectivity index (χ3v) is 5.47. The van der Waals surface area contributed by atoms with Crippen LogP contribution in [0.2, 0.25) is 0 Å². The van der Waals surface area contributed by atoms with Crippen molar-refractivity contribution in [2.45, 2.75) is 25.8 Å². The summed E-state index contributed by atoms with van der Waals surface area (Å²) in [5.74, 6) is 0.0246. The van der Waals surface area contributed by atoms with Gasteiger partial charge in [0, 0.05) is 36.7 Å². The van der Waals surface area contributed by atoms with E-state index in [4.69, 9.17) is 5.73 Å². The van der Waals surface area contributed by atoms with Crippen LogP contribution < -0.4 is 21.7 Å². The maximum absolute atomic E-state index is 12.4. The largest absolute Gasteiger partial charge is 0.365 e. The standard InChI is InChI=1S/C24H27N7O2/c1-16(17-8-3-2-4-9-17)27-22-20(21(25)32)15-26-23(30-22)28-18-10-7-11-19(14-18)29-24(33)31-12-5-6-13-31/h2-4,7-11,14-16H,5-6,12-13H2,1H3,(H2,25,32)(H,29,33)(H2,26,27,28,30)/t16-/m1/s1. The van der Waals surface area contributed by atoms with Crippen LogP contribution in [-0.4, -0.2) is 39.9 Å². The van der Waals surface area contributed by atoms with Gasteiger partial charge in [-0.15, -0.1) is 0 Å². The third kappa shape index (κ3) is 5.57. The van der Waals surface area contributed by atoms with Crippen molar-refractivity contribution in [3.63, 3.8) is 0 Å². The summed E-state index contributed by atoms with van der Waals surface area (Å²) in [6, 6.07) is 16.9. The molecule has 5 N–H and O–H groups in total. The number of hydrogen-bond acceptors (Lipinski definition) is 6. The Hall–Kier alpha value is -4.14. The fourth-order valence-corrected chi connectivity index (χ4v) is 3.69. The van der Waals surface area contributed by atoms with E-state index in [0.29, 0.717) is 23.1 Å². The zero-order valence-corrected chi connectivity index (χ0v) is 18.4. The zero-order valence-electron chi connectivity index (χ0n) is 18.4. The molecule has 3 aromatic rings. The molecule has 9 heteroatoms. The predicted molar refractivity (Wildman–Crippen MR) is 129 cm³/mol. The first-order valence-corrected chi connectivity index (χ1v) is 10.9. The molecular weight excluding hydrogens is 418 g/mol. The highest BCUT2D eigenvalue weighted by Gasteiger charge is 2.18. The molecule has 1 atom stereocenters. The SMILES string of the molecule is C[C@@H](Nc1nc(Nc2cccc(NC(=O)N3CCCC3)c2)ncc1C(N)=O)c1ccccc1. The van der Waals surface area contributed by atoms with Crippen LogP contribution in [0.4, 0.5) is 27.9 Å². The first kappa shape index (κ1) is 22.1. The summed E-state index contributed by atoms with van der Waals surface area (Å²) in [7, 11) is 0. The number of aromatic nitrogens is 2. The van der Waals surface area contributed by atoms with E-state index in [-0.39, 0.29) is 17.6 Å². The minimum atomic E-state index is -0.615. The summed E-state index contributed by atoms with van der Waals surface area (Å²) in [6.45, 7) is 3.53. The number of carbonyl (C=O) groups excluding carboxylic acids is 2. The Balaban J connectivity index is 1.50. The second-order valence-electron chi connectivity index (χ2n) is 7.93. The summed E-state index contributed by atoms with van der Waals surface area (Å²) in [5, 5.41) is 9.30. The van der Waals surface area contributed by atoms with Gasteiger partial charge in [0.05, 0.1) is 5.56 Å². The molecule has 1 aliphatic rings. The maximum Gasteiger partial charge on any atom is 0.321 e. The lowest BCUT2D eigenvalue weighted by atomic mass is 10.1. The van der Waals surface area contributed by atoms with Gasteiger partial charge < -0.3 is 26.6 Å². The summed E-state index contributed by atoms with van der Waals surface area (Å²) >= 11 is 0. The number of carbonyl (C=O) groups is 2. The molecule has 0 unspecified atom stereocenters. The number of nitrogens with one attached hydrogen (secondary N) is 3. The van der Waals surface area contributed by atoms with Crippen LogP contribution in [0.1, 0.15) is 41.7 Å². The minimum absolute atomic E-state index is 0.101. The molecule has 1 aliphatic heterocycles. The molecule has 4 rings (SSSR count). The lowest BCUT2D eigenvalue weighted by molar-refractivity contribution is 0.100. The van der Waals surface area contributed by atoms with E-state index in [1.165, 1.54) is 6.20 Å². The molecule has 0 aliphatic carbocycles. The Kier molecular flexibility index (Phi) is 6.68. The smallest absolute Gasteiger partial charge is 0.321 e. The van der Waals surface area contributed by atoms with Gasteiger partial charge in [0.25, 0.3) is 5.91 Å². The summed E-state index contributed by atoms with van der Waals surface area (Å²) in [6.07, 6.45) is 3.47. The fourth-order valence-electron chi connectivity index (χ4n) is 3.69. The number of anilines is 4. The average Bonchev–Trinajstić information content (AvgIpc) is 3.35. The Morgan fingerprint density at radius 3 is 2.48 bits per heavy atom. The second-order valence-corrected chi connectivity index (χ2v) is 7.93. The Morgan fingerprint density at radius 1 is 1.03 bits per heavy atom. The van der Waals surface area contributed by atoms with Crippen molar-refractivity contribution in [3.8, 4) is 0 Å². The van der Waals surface area contributed by atoms with E-state index in [1.54, 1.807) is 11.0 Å². The molecule has 3 amide bonds. The molecule has 170 valence electrons. The van der Waals surface area contributed by atoms with Crippen molar-refractivity contribution in [1.82, 2.24) is 14.9 Å². The number of nitrogens with zero attached hydrogens (tertiary/aromatic N) is 3. The molecule has 1 fully saturated rings. The van der Waals surface area contributed by atoms with Crippen molar-refractivity contribution < 1.29 is 9.59 Å². The Morgan fingerprint density at radius 2 is 1.76 bits per heavy atom. The number of rotatable bonds is 7. The Labute approximate surface area is 192 Å². The van der Waals surface area contributed by atoms with E-state index in [2.05, 4.69) is 25.9 Å². The number of hydrogen-bond donors (Lipinski definition) is 4. The molecule has 0 bridgehead atoms. The molecule has 0 radical (unpaired) electrons. The van der Waals surface area contributed by atoms with Gasteiger partial charge in [0.15, 0.2) is 0 Å². The highest BCUT2D eigenvalue weighted by molar-refractivity contribution is 5.97. The minimum Gasteiger partial charge on any atom is -0.365 e. The normalized spacial score (nSPS) is 13.9. The lowest BCUT2D eigenvalue weighted by Crippen LogP contribution is -2.32. The van der Waals surface area contributed by atoms with Crippen molar-refractivity contribution in [3.05, 3.63) is 71.9 Å². The van der Waals surface area contributed by atoms with E-state index in [1.807, 2.05) is 55.5 Å². The van der Waals surface area contributed by atoms with Gasteiger partial charge in [-0.1, -0.05) is 36.4 Å². The van der Waals surface area contributed by atoms with Crippen LogP contribution in [0.3, 0.4) is 0 Å². The van der Waals surface area contributed by atoms with Gasteiger partial charge in [-0.2, -0.15) is 4.98 Å². The molecule has 2 aromatic carbocycles. The molecule has 1 saturated heterocycles. The van der Waals surface area contributed by atoms with Gasteiger partial charge >= 0.3 is 6.03 Å². The number of amides is 3. The second kappa shape index (κ2) is 9.99. The molecule has 0 saturated carbocycles. The number of likely N-dealkylation sites (tertiary alicyclic amines) is 1. The zero-order chi connectivity index (χ0) is 23.2. The van der Waals surface area contributed by atoms with Crippen molar-refractivity contribution in [1.29, 1.82) is 0 Å². The number of nitrogens with two attached hydrogens (primary N) is 1. The van der Waals surface area contributed by atoms with Gasteiger partial charge in [0.2, 0.25) is 5.95 Å². The van der Waals surface area contributed by atoms with Crippen molar-refractivity contribution in [2.75, 3.05) is 29.0 Å². The predicted octanol–water partition coefficient (Wildman–Crippen LogP) is 4.12. The van der Waals surface area contributed by atoms with E-state index >= 15 is 0 Å². The van der Waals surface area contributed by atoms with Crippen LogP contribution in [0.25, 0.3) is 0 Å². The molecular formula is C24H27N7O2. The third-order valence-electron chi connectivity index (χ3n) is 5.47. The van der Waals surface area contributed by atoms with Crippen LogP contribution in [0.5, 0.6) is 0 Å². The molecule has 9 nitrogen and oxygen atoms in total. The van der Waals surface area contributed by atoms with Crippen LogP contribution in [0.15, 0.2) is 60.8 Å². The summed E-state index contributed by atoms with van der Waals surface area (Å²) in [4.78, 5) is 34.8. The van der Waals surface area contributed by atoms with Crippen molar-refractivity contribution in [2.24, 2.45) is 5.73 Å². The fraction of sp³-hybridized carbons (Fsp3) is 0.250. The van der Waals surface area contributed by atoms with Crippen LogP contribution >= 0.6 is 0 Å². The molecule has 0 spiro atoms. The molecule has 2 heterocycles. The highest BCUT2D eigenvalue weighted by Crippen LogP contribution is 2.24. The maximum atomic E-state index is 12.4. The van der Waals surface area contributed by atoms with E-state index in [0.717, 1.165) is 31.5 Å². The average molecular weight is 446 g/mol. The first-order chi connectivity index (χ1) is 16.0. The number of benzene rings is 2. The Bertz CT molecular complexity index is 1130. The number of primary amides is 1. The van der Waals surface area contributed by atoms with Gasteiger partial charge in [-0.3, -0.25) is 4.79 Å². The quantitative estimate of drug-likeness (QED) is 0.433.